The average Bonchev–Trinajstić information content (AvgIpc) is 2.97. The Morgan fingerprint density at radius 1 is 1.11 bits per heavy atom. The summed E-state index contributed by atoms with van der Waals surface area (Å²) in [7, 11) is 0. The second-order valence-corrected chi connectivity index (χ2v) is 7.65. The average molecular weight is 440 g/mol. The SMILES string of the molecule is CC(NC(=S)Nc1nn(Cc2ccc(Cl)cc2Cl)cc1Cl)c1ccccc1. The van der Waals surface area contributed by atoms with Gasteiger partial charge in [0.15, 0.2) is 10.9 Å². The molecule has 1 aromatic heterocycles. The lowest BCUT2D eigenvalue weighted by molar-refractivity contribution is 0.689. The van der Waals surface area contributed by atoms with Crippen molar-refractivity contribution in [2.45, 2.75) is 19.5 Å². The van der Waals surface area contributed by atoms with Crippen LogP contribution in [0.1, 0.15) is 24.1 Å². The summed E-state index contributed by atoms with van der Waals surface area (Å²) >= 11 is 23.8. The number of nitrogens with zero attached hydrogens (tertiary/aromatic N) is 2. The monoisotopic (exact) mass is 438 g/mol. The molecule has 3 rings (SSSR count). The van der Waals surface area contributed by atoms with Gasteiger partial charge in [0.2, 0.25) is 0 Å². The van der Waals surface area contributed by atoms with Crippen LogP contribution in [0.25, 0.3) is 0 Å². The molecule has 0 fully saturated rings. The van der Waals surface area contributed by atoms with Gasteiger partial charge >= 0.3 is 0 Å². The topological polar surface area (TPSA) is 41.9 Å². The van der Waals surface area contributed by atoms with E-state index in [1.807, 2.05) is 43.3 Å². The van der Waals surface area contributed by atoms with Gasteiger partial charge in [0.1, 0.15) is 5.02 Å². The van der Waals surface area contributed by atoms with Gasteiger partial charge in [0.05, 0.1) is 12.6 Å². The van der Waals surface area contributed by atoms with Gasteiger partial charge in [-0.05, 0) is 42.4 Å². The van der Waals surface area contributed by atoms with E-state index < -0.39 is 0 Å². The maximum absolute atomic E-state index is 6.29. The minimum Gasteiger partial charge on any atom is -0.356 e. The molecule has 2 N–H and O–H groups in total. The third-order valence-corrected chi connectivity index (χ3v) is 5.03. The van der Waals surface area contributed by atoms with E-state index in [1.54, 1.807) is 23.0 Å². The fourth-order valence-corrected chi connectivity index (χ4v) is 3.49. The lowest BCUT2D eigenvalue weighted by Gasteiger charge is -2.16. The van der Waals surface area contributed by atoms with Gasteiger partial charge in [-0.3, -0.25) is 4.68 Å². The van der Waals surface area contributed by atoms with Crippen molar-refractivity contribution in [1.82, 2.24) is 15.1 Å². The molecule has 4 nitrogen and oxygen atoms in total. The zero-order valence-electron chi connectivity index (χ0n) is 14.4. The summed E-state index contributed by atoms with van der Waals surface area (Å²) in [5, 5.41) is 12.8. The molecule has 8 heteroatoms. The van der Waals surface area contributed by atoms with Crippen LogP contribution in [0, 0.1) is 0 Å². The molecule has 140 valence electrons. The highest BCUT2D eigenvalue weighted by atomic mass is 35.5. The summed E-state index contributed by atoms with van der Waals surface area (Å²) in [5.74, 6) is 0.486. The first-order valence-electron chi connectivity index (χ1n) is 8.21. The smallest absolute Gasteiger partial charge is 0.173 e. The Labute approximate surface area is 178 Å². The molecular formula is C19H17Cl3N4S. The molecule has 2 aromatic carbocycles. The molecule has 0 spiro atoms. The van der Waals surface area contributed by atoms with Gasteiger partial charge < -0.3 is 10.6 Å². The zero-order valence-corrected chi connectivity index (χ0v) is 17.5. The third kappa shape index (κ3) is 5.36. The molecular weight excluding hydrogens is 423 g/mol. The summed E-state index contributed by atoms with van der Waals surface area (Å²) in [4.78, 5) is 0. The first-order chi connectivity index (χ1) is 12.9. The first kappa shape index (κ1) is 20.0. The Bertz CT molecular complexity index is 943. The van der Waals surface area contributed by atoms with Crippen LogP contribution in [0.2, 0.25) is 15.1 Å². The molecule has 27 heavy (non-hydrogen) atoms. The second-order valence-electron chi connectivity index (χ2n) is 5.99. The van der Waals surface area contributed by atoms with Gasteiger partial charge in [-0.2, -0.15) is 5.10 Å². The number of halogens is 3. The van der Waals surface area contributed by atoms with Gasteiger partial charge in [0, 0.05) is 16.2 Å². The van der Waals surface area contributed by atoms with E-state index in [1.165, 1.54) is 0 Å². The number of aromatic nitrogens is 2. The van der Waals surface area contributed by atoms with Crippen molar-refractivity contribution in [3.8, 4) is 0 Å². The highest BCUT2D eigenvalue weighted by molar-refractivity contribution is 7.80. The molecule has 1 atom stereocenters. The van der Waals surface area contributed by atoms with Crippen molar-refractivity contribution in [2.24, 2.45) is 0 Å². The van der Waals surface area contributed by atoms with Crippen LogP contribution >= 0.6 is 47.0 Å². The van der Waals surface area contributed by atoms with Crippen molar-refractivity contribution < 1.29 is 0 Å². The minimum atomic E-state index is 0.0555. The van der Waals surface area contributed by atoms with Crippen LogP contribution in [-0.2, 0) is 6.54 Å². The van der Waals surface area contributed by atoms with E-state index in [9.17, 15) is 0 Å². The van der Waals surface area contributed by atoms with Crippen LogP contribution in [-0.4, -0.2) is 14.9 Å². The maximum Gasteiger partial charge on any atom is 0.173 e. The van der Waals surface area contributed by atoms with Gasteiger partial charge in [-0.25, -0.2) is 0 Å². The Morgan fingerprint density at radius 3 is 2.56 bits per heavy atom. The van der Waals surface area contributed by atoms with E-state index in [0.717, 1.165) is 11.1 Å². The molecule has 0 aliphatic carbocycles. The summed E-state index contributed by atoms with van der Waals surface area (Å²) in [6.07, 6.45) is 1.72. The molecule has 0 aliphatic rings. The van der Waals surface area contributed by atoms with Gasteiger partial charge in [-0.1, -0.05) is 71.2 Å². The third-order valence-electron chi connectivity index (χ3n) is 3.94. The predicted octanol–water partition coefficient (Wildman–Crippen LogP) is 5.94. The normalized spacial score (nSPS) is 11.9. The maximum atomic E-state index is 6.29. The quantitative estimate of drug-likeness (QED) is 0.483. The molecule has 1 unspecified atom stereocenters. The molecule has 0 saturated carbocycles. The highest BCUT2D eigenvalue weighted by Crippen LogP contribution is 2.24. The highest BCUT2D eigenvalue weighted by Gasteiger charge is 2.12. The Balaban J connectivity index is 1.65. The number of anilines is 1. The van der Waals surface area contributed by atoms with Gasteiger partial charge in [-0.15, -0.1) is 0 Å². The number of hydrogen-bond acceptors (Lipinski definition) is 2. The number of thiocarbonyl (C=S) groups is 1. The zero-order chi connectivity index (χ0) is 19.4. The van der Waals surface area contributed by atoms with Crippen LogP contribution in [0.15, 0.2) is 54.7 Å². The van der Waals surface area contributed by atoms with Crippen LogP contribution in [0.5, 0.6) is 0 Å². The second kappa shape index (κ2) is 8.93. The predicted molar refractivity (Wildman–Crippen MR) is 117 cm³/mol. The molecule has 3 aromatic rings. The standard InChI is InChI=1S/C19H17Cl3N4S/c1-12(13-5-3-2-4-6-13)23-19(27)24-18-17(22)11-26(25-18)10-14-7-8-15(20)9-16(14)21/h2-9,11-12H,10H2,1H3,(H2,23,24,25,27). The molecule has 0 amide bonds. The number of benzene rings is 2. The van der Waals surface area contributed by atoms with E-state index in [4.69, 9.17) is 47.0 Å². The Morgan fingerprint density at radius 2 is 1.85 bits per heavy atom. The van der Waals surface area contributed by atoms with Crippen molar-refractivity contribution in [3.63, 3.8) is 0 Å². The van der Waals surface area contributed by atoms with Gasteiger partial charge in [0.25, 0.3) is 0 Å². The first-order valence-corrected chi connectivity index (χ1v) is 9.76. The Hall–Kier alpha value is -1.79. The van der Waals surface area contributed by atoms with E-state index in [2.05, 4.69) is 15.7 Å². The number of nitrogens with one attached hydrogen (secondary N) is 2. The van der Waals surface area contributed by atoms with Crippen molar-refractivity contribution >= 4 is 58.0 Å². The van der Waals surface area contributed by atoms with E-state index in [0.29, 0.717) is 32.5 Å². The minimum absolute atomic E-state index is 0.0555. The van der Waals surface area contributed by atoms with Crippen molar-refractivity contribution in [3.05, 3.63) is 80.9 Å². The number of hydrogen-bond donors (Lipinski definition) is 2. The van der Waals surface area contributed by atoms with E-state index in [-0.39, 0.29) is 6.04 Å². The molecule has 0 saturated heterocycles. The summed E-state index contributed by atoms with van der Waals surface area (Å²) in [6.45, 7) is 2.50. The fourth-order valence-electron chi connectivity index (χ4n) is 2.55. The lowest BCUT2D eigenvalue weighted by atomic mass is 10.1. The van der Waals surface area contributed by atoms with E-state index >= 15 is 0 Å². The Kier molecular flexibility index (Phi) is 6.60. The summed E-state index contributed by atoms with van der Waals surface area (Å²) < 4.78 is 1.70. The van der Waals surface area contributed by atoms with Crippen LogP contribution in [0.4, 0.5) is 5.82 Å². The fraction of sp³-hybridized carbons (Fsp3) is 0.158. The van der Waals surface area contributed by atoms with Crippen LogP contribution < -0.4 is 10.6 Å². The summed E-state index contributed by atoms with van der Waals surface area (Å²) in [5.41, 5.74) is 2.03. The molecule has 0 bridgehead atoms. The largest absolute Gasteiger partial charge is 0.356 e. The van der Waals surface area contributed by atoms with Crippen molar-refractivity contribution in [2.75, 3.05) is 5.32 Å². The number of rotatable bonds is 5. The molecule has 1 heterocycles. The lowest BCUT2D eigenvalue weighted by Crippen LogP contribution is -2.31. The summed E-state index contributed by atoms with van der Waals surface area (Å²) in [6, 6.07) is 15.4. The van der Waals surface area contributed by atoms with Crippen LogP contribution in [0.3, 0.4) is 0 Å². The van der Waals surface area contributed by atoms with Crippen molar-refractivity contribution in [1.29, 1.82) is 0 Å². The molecule has 0 aliphatic heterocycles. The molecule has 0 radical (unpaired) electrons.